The fourth-order valence-electron chi connectivity index (χ4n) is 4.92. The smallest absolute Gasteiger partial charge is 0.251 e. The van der Waals surface area contributed by atoms with E-state index in [9.17, 15) is 14.4 Å². The van der Waals surface area contributed by atoms with E-state index in [1.54, 1.807) is 40.8 Å². The number of carbonyl (C=O) groups is 3. The molecule has 0 aliphatic carbocycles. The zero-order valence-electron chi connectivity index (χ0n) is 21.8. The Morgan fingerprint density at radius 1 is 1.12 bits per heavy atom. The lowest BCUT2D eigenvalue weighted by Gasteiger charge is -2.35. The number of alkyl halides is 1. The Morgan fingerprint density at radius 3 is 2.60 bits per heavy atom. The Bertz CT molecular complexity index is 1680. The Morgan fingerprint density at radius 2 is 1.90 bits per heavy atom. The number of hydrogen-bond donors (Lipinski definition) is 1. The Labute approximate surface area is 272 Å². The van der Waals surface area contributed by atoms with Gasteiger partial charge in [-0.15, -0.1) is 5.10 Å². The lowest BCUT2D eigenvalue weighted by Crippen LogP contribution is -2.41. The molecule has 1 aliphatic heterocycles. The van der Waals surface area contributed by atoms with Crippen LogP contribution in [0, 0.1) is 5.82 Å². The highest BCUT2D eigenvalue weighted by atomic mass is 127. The van der Waals surface area contributed by atoms with E-state index in [0.29, 0.717) is 24.2 Å². The molecule has 0 bridgehead atoms. The molecule has 4 aromatic rings. The van der Waals surface area contributed by atoms with Gasteiger partial charge in [0, 0.05) is 57.3 Å². The number of halogens is 4. The topological polar surface area (TPSA) is 110 Å². The number of fused-ring (bicyclic) bond motifs is 1. The molecule has 0 saturated carbocycles. The molecule has 0 unspecified atom stereocenters. The summed E-state index contributed by atoms with van der Waals surface area (Å²) in [6.45, 7) is 0.874. The Kier molecular flexibility index (Phi) is 9.63. The highest BCUT2D eigenvalue weighted by molar-refractivity contribution is 14.1. The van der Waals surface area contributed by atoms with Crippen molar-refractivity contribution < 1.29 is 18.8 Å². The first-order chi connectivity index (χ1) is 20.3. The molecule has 2 amide bonds. The SMILES string of the molecule is O=C(NCCI)c1ccc(-c2cccc3c2CCN(C(=O)/C=C/c2c(-n4cnnn4)ccc(Cl)c2F)[C@@H]3C(=O)I)cc1. The highest BCUT2D eigenvalue weighted by Gasteiger charge is 2.35. The summed E-state index contributed by atoms with van der Waals surface area (Å²) in [5, 5.41) is 13.7. The van der Waals surface area contributed by atoms with Gasteiger partial charge in [0.15, 0.2) is 5.82 Å². The van der Waals surface area contributed by atoms with Crippen molar-refractivity contribution >= 4 is 78.5 Å². The summed E-state index contributed by atoms with van der Waals surface area (Å²) in [6, 6.07) is 15.1. The predicted octanol–water partition coefficient (Wildman–Crippen LogP) is 5.39. The van der Waals surface area contributed by atoms with Crippen molar-refractivity contribution in [3.8, 4) is 16.8 Å². The Balaban J connectivity index is 1.44. The van der Waals surface area contributed by atoms with Gasteiger partial charge in [-0.05, 0) is 69.4 Å². The molecule has 0 spiro atoms. The van der Waals surface area contributed by atoms with Gasteiger partial charge in [0.1, 0.15) is 12.4 Å². The van der Waals surface area contributed by atoms with Gasteiger partial charge in [0.05, 0.1) is 10.7 Å². The van der Waals surface area contributed by atoms with Gasteiger partial charge in [0.25, 0.3) is 5.91 Å². The van der Waals surface area contributed by atoms with Crippen molar-refractivity contribution in [2.45, 2.75) is 12.5 Å². The number of amides is 2. The molecule has 1 atom stereocenters. The van der Waals surface area contributed by atoms with Crippen LogP contribution in [0.4, 0.5) is 4.39 Å². The summed E-state index contributed by atoms with van der Waals surface area (Å²) in [4.78, 5) is 40.2. The van der Waals surface area contributed by atoms with Gasteiger partial charge in [0.2, 0.25) is 9.70 Å². The van der Waals surface area contributed by atoms with Crippen LogP contribution in [0.1, 0.15) is 33.1 Å². The number of benzene rings is 3. The normalized spacial score (nSPS) is 14.6. The second-order valence-corrected chi connectivity index (χ2v) is 11.8. The zero-order chi connectivity index (χ0) is 29.8. The minimum Gasteiger partial charge on any atom is -0.351 e. The number of nitrogens with zero attached hydrogens (tertiary/aromatic N) is 5. The molecule has 1 aliphatic rings. The van der Waals surface area contributed by atoms with Crippen molar-refractivity contribution in [2.24, 2.45) is 0 Å². The molecule has 214 valence electrons. The maximum atomic E-state index is 15.0. The third kappa shape index (κ3) is 6.24. The summed E-state index contributed by atoms with van der Waals surface area (Å²) in [5.74, 6) is -1.31. The number of tetrazole rings is 1. The van der Waals surface area contributed by atoms with Crippen LogP contribution in [0.15, 0.2) is 67.0 Å². The number of rotatable bonds is 8. The minimum absolute atomic E-state index is 0.0339. The average Bonchev–Trinajstić information content (AvgIpc) is 3.54. The molecule has 0 saturated heterocycles. The summed E-state index contributed by atoms with van der Waals surface area (Å²) in [6.07, 6.45) is 4.36. The van der Waals surface area contributed by atoms with Gasteiger partial charge in [-0.25, -0.2) is 4.39 Å². The molecular weight excluding hydrogens is 789 g/mol. The van der Waals surface area contributed by atoms with Crippen LogP contribution in [0.3, 0.4) is 0 Å². The van der Waals surface area contributed by atoms with Crippen molar-refractivity contribution in [1.82, 2.24) is 30.4 Å². The summed E-state index contributed by atoms with van der Waals surface area (Å²) >= 11 is 9.93. The monoisotopic (exact) mass is 810 g/mol. The van der Waals surface area contributed by atoms with E-state index in [-0.39, 0.29) is 26.8 Å². The lowest BCUT2D eigenvalue weighted by atomic mass is 9.86. The average molecular weight is 811 g/mol. The number of aromatic nitrogens is 4. The van der Waals surface area contributed by atoms with E-state index >= 15 is 4.39 Å². The third-order valence-corrected chi connectivity index (χ3v) is 8.28. The molecule has 42 heavy (non-hydrogen) atoms. The number of carbonyl (C=O) groups excluding carboxylic acids is 3. The van der Waals surface area contributed by atoms with Crippen LogP contribution >= 0.6 is 56.8 Å². The van der Waals surface area contributed by atoms with Gasteiger partial charge in [-0.1, -0.05) is 64.5 Å². The van der Waals surface area contributed by atoms with Crippen molar-refractivity contribution in [3.63, 3.8) is 0 Å². The number of nitrogens with one attached hydrogen (secondary N) is 1. The Hall–Kier alpha value is -3.24. The van der Waals surface area contributed by atoms with Gasteiger partial charge in [-0.3, -0.25) is 14.4 Å². The van der Waals surface area contributed by atoms with Crippen LogP contribution in [0.2, 0.25) is 5.02 Å². The first-order valence-corrected chi connectivity index (χ1v) is 15.7. The van der Waals surface area contributed by atoms with Crippen LogP contribution in [-0.4, -0.2) is 58.2 Å². The minimum atomic E-state index is -0.826. The molecule has 13 heteroatoms. The molecular formula is C29H22ClFI2N6O3. The van der Waals surface area contributed by atoms with Crippen molar-refractivity contribution in [2.75, 3.05) is 17.5 Å². The van der Waals surface area contributed by atoms with Crippen molar-refractivity contribution in [3.05, 3.63) is 100 Å². The van der Waals surface area contributed by atoms with E-state index < -0.39 is 17.8 Å². The largest absolute Gasteiger partial charge is 0.351 e. The lowest BCUT2D eigenvalue weighted by molar-refractivity contribution is -0.133. The molecule has 1 aromatic heterocycles. The van der Waals surface area contributed by atoms with Crippen LogP contribution < -0.4 is 5.32 Å². The van der Waals surface area contributed by atoms with E-state index in [1.807, 2.05) is 30.3 Å². The standard InChI is InChI=1S/C29H22ClFI2N6O3/c30-23-9-10-24(39-16-35-36-37-39)22(26(23)31)8-11-25(40)38-15-12-20-19(2-1-3-21(20)27(38)28(33)41)17-4-6-18(7-5-17)29(42)34-14-13-32/h1-11,16,27H,12-15H2,(H,34,42)/b11-8+/t27-/m0/s1. The van der Waals surface area contributed by atoms with Crippen LogP contribution in [0.5, 0.6) is 0 Å². The fourth-order valence-corrected chi connectivity index (χ4v) is 6.03. The quantitative estimate of drug-likeness (QED) is 0.111. The second kappa shape index (κ2) is 13.4. The van der Waals surface area contributed by atoms with E-state index in [1.165, 1.54) is 34.1 Å². The maximum Gasteiger partial charge on any atom is 0.251 e. The van der Waals surface area contributed by atoms with Crippen LogP contribution in [-0.2, 0) is 16.0 Å². The van der Waals surface area contributed by atoms with E-state index in [4.69, 9.17) is 11.6 Å². The molecule has 0 radical (unpaired) electrons. The summed E-state index contributed by atoms with van der Waals surface area (Å²) in [5.41, 5.74) is 4.43. The fraction of sp³-hybridized carbons (Fsp3) is 0.172. The van der Waals surface area contributed by atoms with Crippen molar-refractivity contribution in [1.29, 1.82) is 0 Å². The third-order valence-electron chi connectivity index (χ3n) is 6.86. The predicted molar refractivity (Wildman–Crippen MR) is 173 cm³/mol. The first kappa shape index (κ1) is 30.2. The summed E-state index contributed by atoms with van der Waals surface area (Å²) in [7, 11) is 0. The molecule has 3 aromatic carbocycles. The highest BCUT2D eigenvalue weighted by Crippen LogP contribution is 2.38. The maximum absolute atomic E-state index is 15.0. The van der Waals surface area contributed by atoms with Crippen LogP contribution in [0.25, 0.3) is 22.9 Å². The summed E-state index contributed by atoms with van der Waals surface area (Å²) < 4.78 is 16.9. The van der Waals surface area contributed by atoms with Gasteiger partial charge >= 0.3 is 0 Å². The van der Waals surface area contributed by atoms with Gasteiger partial charge in [-0.2, -0.15) is 4.68 Å². The van der Waals surface area contributed by atoms with E-state index in [0.717, 1.165) is 26.7 Å². The molecule has 9 nitrogen and oxygen atoms in total. The first-order valence-electron chi connectivity index (χ1n) is 12.8. The molecule has 0 fully saturated rings. The molecule has 1 N–H and O–H groups in total. The zero-order valence-corrected chi connectivity index (χ0v) is 26.9. The van der Waals surface area contributed by atoms with E-state index in [2.05, 4.69) is 43.4 Å². The second-order valence-electron chi connectivity index (χ2n) is 9.27. The molecule has 5 rings (SSSR count). The molecule has 2 heterocycles. The number of hydrogen-bond acceptors (Lipinski definition) is 6. The van der Waals surface area contributed by atoms with Gasteiger partial charge < -0.3 is 10.2 Å².